The number of ether oxygens (including phenoxy) is 2. The predicted octanol–water partition coefficient (Wildman–Crippen LogP) is 1.23. The summed E-state index contributed by atoms with van der Waals surface area (Å²) in [4.78, 5) is 23.1. The smallest absolute Gasteiger partial charge is 0.408 e. The number of carbonyl (C=O) groups is 2. The number of aliphatic hydroxyl groups excluding tert-OH is 1. The highest BCUT2D eigenvalue weighted by molar-refractivity contribution is 5.81. The van der Waals surface area contributed by atoms with E-state index in [1.54, 1.807) is 6.92 Å². The van der Waals surface area contributed by atoms with Crippen molar-refractivity contribution in [3.8, 4) is 0 Å². The zero-order chi connectivity index (χ0) is 14.8. The quantitative estimate of drug-likeness (QED) is 0.734. The summed E-state index contributed by atoms with van der Waals surface area (Å²) >= 11 is 0. The van der Waals surface area contributed by atoms with Crippen LogP contribution in [0.4, 0.5) is 4.79 Å². The van der Waals surface area contributed by atoms with Gasteiger partial charge in [-0.25, -0.2) is 9.59 Å². The first-order chi connectivity index (χ1) is 9.67. The van der Waals surface area contributed by atoms with E-state index in [0.29, 0.717) is 0 Å². The van der Waals surface area contributed by atoms with Crippen LogP contribution in [-0.4, -0.2) is 36.4 Å². The molecule has 0 bridgehead atoms. The minimum Gasteiger partial charge on any atom is -0.464 e. The molecule has 0 heterocycles. The summed E-state index contributed by atoms with van der Waals surface area (Å²) in [6.45, 7) is 1.76. The maximum absolute atomic E-state index is 11.6. The Hall–Kier alpha value is -2.08. The monoisotopic (exact) mass is 281 g/mol. The molecule has 2 N–H and O–H groups in total. The lowest BCUT2D eigenvalue weighted by Crippen LogP contribution is -2.42. The van der Waals surface area contributed by atoms with Gasteiger partial charge in [-0.2, -0.15) is 0 Å². The first-order valence-corrected chi connectivity index (χ1v) is 6.42. The number of rotatable bonds is 7. The Kier molecular flexibility index (Phi) is 7.13. The highest BCUT2D eigenvalue weighted by atomic mass is 16.6. The molecule has 0 fully saturated rings. The van der Waals surface area contributed by atoms with Gasteiger partial charge >= 0.3 is 12.1 Å². The molecule has 0 aliphatic carbocycles. The number of amides is 1. The molecule has 0 spiro atoms. The summed E-state index contributed by atoms with van der Waals surface area (Å²) in [6, 6.07) is 8.28. The Bertz CT molecular complexity index is 421. The summed E-state index contributed by atoms with van der Waals surface area (Å²) in [6.07, 6.45) is -0.639. The predicted molar refractivity (Wildman–Crippen MR) is 71.9 cm³/mol. The molecule has 6 heteroatoms. The lowest BCUT2D eigenvalue weighted by Gasteiger charge is -2.16. The third kappa shape index (κ3) is 5.71. The molecular weight excluding hydrogens is 262 g/mol. The third-order valence-electron chi connectivity index (χ3n) is 2.49. The molecule has 110 valence electrons. The van der Waals surface area contributed by atoms with Crippen LogP contribution in [0.25, 0.3) is 0 Å². The van der Waals surface area contributed by atoms with Crippen molar-refractivity contribution in [3.63, 3.8) is 0 Å². The minimum atomic E-state index is -0.900. The van der Waals surface area contributed by atoms with Crippen LogP contribution in [0.5, 0.6) is 0 Å². The molecule has 1 amide bonds. The molecule has 0 aliphatic rings. The van der Waals surface area contributed by atoms with Crippen molar-refractivity contribution in [3.05, 3.63) is 35.9 Å². The molecule has 20 heavy (non-hydrogen) atoms. The second-order valence-electron chi connectivity index (χ2n) is 4.02. The van der Waals surface area contributed by atoms with E-state index in [2.05, 4.69) is 5.32 Å². The fraction of sp³-hybridized carbons (Fsp3) is 0.429. The molecule has 1 atom stereocenters. The molecule has 1 rings (SSSR count). The Morgan fingerprint density at radius 1 is 1.25 bits per heavy atom. The van der Waals surface area contributed by atoms with E-state index < -0.39 is 18.1 Å². The molecule has 1 aromatic carbocycles. The number of carbonyl (C=O) groups excluding carboxylic acids is 2. The average molecular weight is 281 g/mol. The number of hydrogen-bond acceptors (Lipinski definition) is 5. The van der Waals surface area contributed by atoms with Gasteiger partial charge < -0.3 is 19.9 Å². The molecule has 6 nitrogen and oxygen atoms in total. The second-order valence-corrected chi connectivity index (χ2v) is 4.02. The molecule has 1 aromatic rings. The van der Waals surface area contributed by atoms with Crippen molar-refractivity contribution >= 4 is 12.1 Å². The Morgan fingerprint density at radius 2 is 1.95 bits per heavy atom. The van der Waals surface area contributed by atoms with Crippen molar-refractivity contribution in [2.45, 2.75) is 26.0 Å². The average Bonchev–Trinajstić information content (AvgIpc) is 2.46. The van der Waals surface area contributed by atoms with Gasteiger partial charge in [0.2, 0.25) is 0 Å². The normalized spacial score (nSPS) is 11.5. The largest absolute Gasteiger partial charge is 0.464 e. The summed E-state index contributed by atoms with van der Waals surface area (Å²) < 4.78 is 9.79. The Morgan fingerprint density at radius 3 is 2.55 bits per heavy atom. The van der Waals surface area contributed by atoms with Crippen molar-refractivity contribution in [2.24, 2.45) is 0 Å². The Balaban J connectivity index is 2.43. The van der Waals surface area contributed by atoms with Gasteiger partial charge in [0.25, 0.3) is 0 Å². The van der Waals surface area contributed by atoms with Crippen LogP contribution in [0.15, 0.2) is 30.3 Å². The third-order valence-corrected chi connectivity index (χ3v) is 2.49. The summed E-state index contributed by atoms with van der Waals surface area (Å²) in [7, 11) is 0. The maximum atomic E-state index is 11.6. The SMILES string of the molecule is CCOC(=O)[C@H](CCO)NC(=O)OCc1ccccc1. The van der Waals surface area contributed by atoms with Gasteiger partial charge in [-0.15, -0.1) is 0 Å². The molecule has 0 saturated heterocycles. The number of aliphatic hydroxyl groups is 1. The number of nitrogens with one attached hydrogen (secondary N) is 1. The van der Waals surface area contributed by atoms with Gasteiger partial charge in [0.1, 0.15) is 12.6 Å². The zero-order valence-electron chi connectivity index (χ0n) is 11.4. The van der Waals surface area contributed by atoms with Crippen molar-refractivity contribution in [1.82, 2.24) is 5.32 Å². The van der Waals surface area contributed by atoms with Gasteiger partial charge in [-0.3, -0.25) is 0 Å². The van der Waals surface area contributed by atoms with E-state index in [-0.39, 0.29) is 26.2 Å². The zero-order valence-corrected chi connectivity index (χ0v) is 11.4. The van der Waals surface area contributed by atoms with E-state index in [4.69, 9.17) is 14.6 Å². The van der Waals surface area contributed by atoms with Gasteiger partial charge in [0.05, 0.1) is 6.61 Å². The van der Waals surface area contributed by atoms with Crippen LogP contribution in [-0.2, 0) is 20.9 Å². The van der Waals surface area contributed by atoms with Crippen LogP contribution in [0, 0.1) is 0 Å². The summed E-state index contributed by atoms with van der Waals surface area (Å²) in [5, 5.41) is 11.3. The summed E-state index contributed by atoms with van der Waals surface area (Å²) in [5.74, 6) is -0.585. The number of esters is 1. The van der Waals surface area contributed by atoms with Crippen molar-refractivity contribution in [1.29, 1.82) is 0 Å². The maximum Gasteiger partial charge on any atom is 0.408 e. The van der Waals surface area contributed by atoms with Gasteiger partial charge in [-0.1, -0.05) is 30.3 Å². The lowest BCUT2D eigenvalue weighted by molar-refractivity contribution is -0.145. The van der Waals surface area contributed by atoms with E-state index >= 15 is 0 Å². The minimum absolute atomic E-state index is 0.0826. The van der Waals surface area contributed by atoms with Gasteiger partial charge in [0.15, 0.2) is 0 Å². The summed E-state index contributed by atoms with van der Waals surface area (Å²) in [5.41, 5.74) is 0.845. The highest BCUT2D eigenvalue weighted by Gasteiger charge is 2.22. The van der Waals surface area contributed by atoms with E-state index in [9.17, 15) is 9.59 Å². The van der Waals surface area contributed by atoms with Crippen molar-refractivity contribution < 1.29 is 24.2 Å². The molecular formula is C14H19NO5. The molecule has 0 unspecified atom stereocenters. The fourth-order valence-corrected chi connectivity index (χ4v) is 1.53. The fourth-order valence-electron chi connectivity index (χ4n) is 1.53. The van der Waals surface area contributed by atoms with Crippen LogP contribution >= 0.6 is 0 Å². The van der Waals surface area contributed by atoms with Crippen molar-refractivity contribution in [2.75, 3.05) is 13.2 Å². The van der Waals surface area contributed by atoms with Gasteiger partial charge in [-0.05, 0) is 12.5 Å². The highest BCUT2D eigenvalue weighted by Crippen LogP contribution is 2.02. The number of hydrogen-bond donors (Lipinski definition) is 2. The van der Waals surface area contributed by atoms with E-state index in [0.717, 1.165) is 5.56 Å². The van der Waals surface area contributed by atoms with E-state index in [1.807, 2.05) is 30.3 Å². The van der Waals surface area contributed by atoms with Crippen LogP contribution in [0.1, 0.15) is 18.9 Å². The topological polar surface area (TPSA) is 84.9 Å². The Labute approximate surface area is 117 Å². The molecule has 0 aromatic heterocycles. The molecule has 0 radical (unpaired) electrons. The number of alkyl carbamates (subject to hydrolysis) is 1. The standard InChI is InChI=1S/C14H19NO5/c1-2-19-13(17)12(8-9-16)15-14(18)20-10-11-6-4-3-5-7-11/h3-7,12,16H,2,8-10H2,1H3,(H,15,18)/t12-/m0/s1. The van der Waals surface area contributed by atoms with Gasteiger partial charge in [0, 0.05) is 13.0 Å². The first kappa shape index (κ1) is 16.0. The number of benzene rings is 1. The first-order valence-electron chi connectivity index (χ1n) is 6.42. The molecule has 0 saturated carbocycles. The van der Waals surface area contributed by atoms with Crippen LogP contribution in [0.3, 0.4) is 0 Å². The lowest BCUT2D eigenvalue weighted by atomic mass is 10.2. The van der Waals surface area contributed by atoms with Crippen LogP contribution < -0.4 is 5.32 Å². The second kappa shape index (κ2) is 8.92. The van der Waals surface area contributed by atoms with Crippen LogP contribution in [0.2, 0.25) is 0 Å². The van der Waals surface area contributed by atoms with E-state index in [1.165, 1.54) is 0 Å². The molecule has 0 aliphatic heterocycles.